The Morgan fingerprint density at radius 3 is 2.43 bits per heavy atom. The Labute approximate surface area is 139 Å². The highest BCUT2D eigenvalue weighted by atomic mass is 35.5. The minimum Gasteiger partial charge on any atom is -0.330 e. The van der Waals surface area contributed by atoms with Gasteiger partial charge in [0.2, 0.25) is 10.0 Å². The number of hydrogen-bond acceptors (Lipinski definition) is 3. The Hall–Kier alpha value is -0.110. The molecule has 2 rings (SSSR count). The van der Waals surface area contributed by atoms with Crippen LogP contribution < -0.4 is 5.73 Å². The average molecular weight is 378 g/mol. The molecule has 21 heavy (non-hydrogen) atoms. The van der Waals surface area contributed by atoms with E-state index in [1.165, 1.54) is 4.31 Å². The molecule has 0 spiro atoms. The zero-order chi connectivity index (χ0) is 14.9. The van der Waals surface area contributed by atoms with Gasteiger partial charge >= 0.3 is 0 Å². The monoisotopic (exact) mass is 376 g/mol. The fraction of sp³-hybridized carbons (Fsp3) is 0.500. The van der Waals surface area contributed by atoms with Crippen LogP contribution in [-0.2, 0) is 10.0 Å². The minimum absolute atomic E-state index is 0. The molecule has 9 heteroatoms. The van der Waals surface area contributed by atoms with Crippen LogP contribution in [0, 0.1) is 11.7 Å². The normalized spacial score (nSPS) is 20.1. The first kappa shape index (κ1) is 18.9. The van der Waals surface area contributed by atoms with Crippen molar-refractivity contribution in [1.82, 2.24) is 4.31 Å². The second kappa shape index (κ2) is 7.44. The van der Waals surface area contributed by atoms with Gasteiger partial charge in [-0.25, -0.2) is 12.8 Å². The number of halogens is 4. The fourth-order valence-corrected chi connectivity index (χ4v) is 5.03. The van der Waals surface area contributed by atoms with E-state index in [1.807, 2.05) is 0 Å². The quantitative estimate of drug-likeness (QED) is 0.881. The van der Waals surface area contributed by atoms with E-state index < -0.39 is 15.8 Å². The summed E-state index contributed by atoms with van der Waals surface area (Å²) in [5.41, 5.74) is 5.60. The Kier molecular flexibility index (Phi) is 6.71. The first-order valence-corrected chi connectivity index (χ1v) is 8.40. The number of nitrogens with zero attached hydrogens (tertiary/aromatic N) is 1. The van der Waals surface area contributed by atoms with Crippen LogP contribution in [0.1, 0.15) is 12.8 Å². The second-order valence-corrected chi connectivity index (χ2v) is 7.49. The molecule has 1 heterocycles. The molecule has 4 nitrogen and oxygen atoms in total. The largest absolute Gasteiger partial charge is 0.330 e. The molecule has 1 aromatic carbocycles. The SMILES string of the molecule is Cl.NCC1CCCN(S(=O)(=O)c2c(Cl)cc(F)cc2Cl)C1. The van der Waals surface area contributed by atoms with Crippen LogP contribution >= 0.6 is 35.6 Å². The zero-order valence-electron chi connectivity index (χ0n) is 11.1. The molecule has 120 valence electrons. The lowest BCUT2D eigenvalue weighted by Gasteiger charge is -2.31. The van der Waals surface area contributed by atoms with Crippen molar-refractivity contribution in [1.29, 1.82) is 0 Å². The second-order valence-electron chi connectivity index (χ2n) is 4.81. The Balaban J connectivity index is 0.00000220. The molecule has 0 bridgehead atoms. The van der Waals surface area contributed by atoms with Crippen molar-refractivity contribution in [3.8, 4) is 0 Å². The van der Waals surface area contributed by atoms with Crippen molar-refractivity contribution >= 4 is 45.6 Å². The van der Waals surface area contributed by atoms with E-state index in [1.54, 1.807) is 0 Å². The van der Waals surface area contributed by atoms with Gasteiger partial charge < -0.3 is 5.73 Å². The molecule has 2 N–H and O–H groups in total. The smallest absolute Gasteiger partial charge is 0.246 e. The van der Waals surface area contributed by atoms with E-state index in [0.717, 1.165) is 25.0 Å². The third-order valence-corrected chi connectivity index (χ3v) is 6.16. The number of benzene rings is 1. The highest BCUT2D eigenvalue weighted by molar-refractivity contribution is 7.89. The summed E-state index contributed by atoms with van der Waals surface area (Å²) in [6, 6.07) is 1.90. The standard InChI is InChI=1S/C12H15Cl2FN2O2S.ClH/c13-10-4-9(15)5-11(14)12(10)20(18,19)17-3-1-2-8(6-16)7-17;/h4-5,8H,1-3,6-7,16H2;1H. The number of piperidine rings is 1. The van der Waals surface area contributed by atoms with Crippen molar-refractivity contribution < 1.29 is 12.8 Å². The maximum atomic E-state index is 13.2. The molecular weight excluding hydrogens is 362 g/mol. The van der Waals surface area contributed by atoms with Gasteiger partial charge in [0.1, 0.15) is 10.7 Å². The van der Waals surface area contributed by atoms with E-state index in [4.69, 9.17) is 28.9 Å². The average Bonchev–Trinajstić information content (AvgIpc) is 2.37. The third-order valence-electron chi connectivity index (χ3n) is 3.38. The first-order chi connectivity index (χ1) is 9.36. The van der Waals surface area contributed by atoms with Crippen LogP contribution in [0.4, 0.5) is 4.39 Å². The van der Waals surface area contributed by atoms with Gasteiger partial charge in [0.05, 0.1) is 10.0 Å². The maximum Gasteiger partial charge on any atom is 0.246 e. The van der Waals surface area contributed by atoms with Gasteiger partial charge in [-0.1, -0.05) is 23.2 Å². The molecule has 0 saturated carbocycles. The molecule has 1 aliphatic rings. The van der Waals surface area contributed by atoms with E-state index in [0.29, 0.717) is 19.6 Å². The molecule has 0 amide bonds. The zero-order valence-corrected chi connectivity index (χ0v) is 14.2. The van der Waals surface area contributed by atoms with Gasteiger partial charge in [-0.3, -0.25) is 0 Å². The summed E-state index contributed by atoms with van der Waals surface area (Å²) in [6.45, 7) is 1.16. The fourth-order valence-electron chi connectivity index (χ4n) is 2.34. The predicted molar refractivity (Wildman–Crippen MR) is 84.2 cm³/mol. The van der Waals surface area contributed by atoms with Crippen LogP contribution in [0.15, 0.2) is 17.0 Å². The van der Waals surface area contributed by atoms with Crippen LogP contribution in [0.3, 0.4) is 0 Å². The van der Waals surface area contributed by atoms with Gasteiger partial charge in [-0.2, -0.15) is 4.31 Å². The Morgan fingerprint density at radius 2 is 1.90 bits per heavy atom. The molecule has 0 aliphatic carbocycles. The van der Waals surface area contributed by atoms with E-state index in [-0.39, 0.29) is 33.3 Å². The van der Waals surface area contributed by atoms with Crippen molar-refractivity contribution in [2.45, 2.75) is 17.7 Å². The van der Waals surface area contributed by atoms with Crippen LogP contribution in [-0.4, -0.2) is 32.4 Å². The molecule has 1 aromatic rings. The summed E-state index contributed by atoms with van der Waals surface area (Å²) in [4.78, 5) is -0.236. The third kappa shape index (κ3) is 4.00. The summed E-state index contributed by atoms with van der Waals surface area (Å²) in [5.74, 6) is -0.547. The summed E-state index contributed by atoms with van der Waals surface area (Å²) in [5, 5.41) is -0.408. The predicted octanol–water partition coefficient (Wildman–Crippen LogP) is 2.91. The van der Waals surface area contributed by atoms with Crippen LogP contribution in [0.25, 0.3) is 0 Å². The van der Waals surface area contributed by atoms with Gasteiger partial charge in [-0.05, 0) is 37.4 Å². The maximum absolute atomic E-state index is 13.2. The summed E-state index contributed by atoms with van der Waals surface area (Å²) < 4.78 is 39.7. The topological polar surface area (TPSA) is 63.4 Å². The van der Waals surface area contributed by atoms with E-state index in [2.05, 4.69) is 0 Å². The molecule has 0 aromatic heterocycles. The highest BCUT2D eigenvalue weighted by Gasteiger charge is 2.33. The van der Waals surface area contributed by atoms with Gasteiger partial charge in [0.15, 0.2) is 0 Å². The molecule has 0 radical (unpaired) electrons. The van der Waals surface area contributed by atoms with Crippen molar-refractivity contribution in [3.63, 3.8) is 0 Å². The summed E-state index contributed by atoms with van der Waals surface area (Å²) in [7, 11) is -3.84. The molecule has 1 saturated heterocycles. The molecule has 1 atom stereocenters. The summed E-state index contributed by atoms with van der Waals surface area (Å²) in [6.07, 6.45) is 1.63. The van der Waals surface area contributed by atoms with E-state index >= 15 is 0 Å². The van der Waals surface area contributed by atoms with Crippen molar-refractivity contribution in [2.75, 3.05) is 19.6 Å². The lowest BCUT2D eigenvalue weighted by molar-refractivity contribution is 0.271. The molecular formula is C12H16Cl3FN2O2S. The Bertz CT molecular complexity index is 590. The number of nitrogens with two attached hydrogens (primary N) is 1. The minimum atomic E-state index is -3.84. The number of hydrogen-bond donors (Lipinski definition) is 1. The molecule has 1 aliphatic heterocycles. The highest BCUT2D eigenvalue weighted by Crippen LogP contribution is 2.34. The summed E-state index contributed by atoms with van der Waals surface area (Å²) >= 11 is 11.7. The van der Waals surface area contributed by atoms with Gasteiger partial charge in [0.25, 0.3) is 0 Å². The first-order valence-electron chi connectivity index (χ1n) is 6.21. The molecule has 1 unspecified atom stereocenters. The van der Waals surface area contributed by atoms with Crippen LogP contribution in [0.5, 0.6) is 0 Å². The van der Waals surface area contributed by atoms with Gasteiger partial charge in [-0.15, -0.1) is 12.4 Å². The number of rotatable bonds is 3. The lowest BCUT2D eigenvalue weighted by atomic mass is 10.0. The molecule has 1 fully saturated rings. The van der Waals surface area contributed by atoms with Crippen LogP contribution in [0.2, 0.25) is 10.0 Å². The van der Waals surface area contributed by atoms with Gasteiger partial charge in [0, 0.05) is 13.1 Å². The van der Waals surface area contributed by atoms with E-state index in [9.17, 15) is 12.8 Å². The lowest BCUT2D eigenvalue weighted by Crippen LogP contribution is -2.42. The Morgan fingerprint density at radius 1 is 1.33 bits per heavy atom. The number of sulfonamides is 1. The van der Waals surface area contributed by atoms with Crippen molar-refractivity contribution in [2.24, 2.45) is 11.7 Å². The van der Waals surface area contributed by atoms with Crippen molar-refractivity contribution in [3.05, 3.63) is 28.0 Å².